The number of amides is 1. The number of hydrogen-bond acceptors (Lipinski definition) is 13. The van der Waals surface area contributed by atoms with Crippen LogP contribution in [0.3, 0.4) is 0 Å². The molecule has 14 nitrogen and oxygen atoms in total. The lowest BCUT2D eigenvalue weighted by Gasteiger charge is -2.46. The van der Waals surface area contributed by atoms with Crippen LogP contribution in [0.2, 0.25) is 0 Å². The maximum Gasteiger partial charge on any atom is 0.220 e. The molecule has 0 aliphatic carbocycles. The molecule has 0 aromatic heterocycles. The third kappa shape index (κ3) is 44.7. The monoisotopic (exact) mass is 1290 g/mol. The first-order chi connectivity index (χ1) is 44.6. The zero-order chi connectivity index (χ0) is 65.9. The Morgan fingerprint density at radius 1 is 0.407 bits per heavy atom. The number of ether oxygens (including phenoxy) is 4. The average Bonchev–Trinajstić information content (AvgIpc) is 1.25. The standard InChI is InChI=1S/C77H139NO13/c1-3-5-7-9-11-13-15-17-19-21-23-25-27-29-31-32-33-34-35-37-39-41-43-45-47-49-51-53-55-57-59-61-69(82)78-65(64-88-76-74(87)72(85)75(68(63-80)90-76)91-77-73(86)71(84)70(83)67(62-79)89-77)66(81)60-58-56-54-52-50-48-46-44-42-40-38-36-30-28-26-24-22-20-18-16-14-12-10-8-6-4-2/h5,7,11,13,17,19,23,25,29,31,58,60,65-68,70-77,79-81,83-87H,3-4,6,8-10,12,14-16,18,20-22,24,26-28,30,32-57,59,61-64H2,1-2H3,(H,78,82)/b7-5-,13-11-,19-17-,25-23-,31-29-,60-58+. The van der Waals surface area contributed by atoms with Crippen molar-refractivity contribution in [2.75, 3.05) is 19.8 Å². The van der Waals surface area contributed by atoms with E-state index >= 15 is 0 Å². The predicted octanol–water partition coefficient (Wildman–Crippen LogP) is 16.2. The van der Waals surface area contributed by atoms with Gasteiger partial charge >= 0.3 is 0 Å². The van der Waals surface area contributed by atoms with Crippen LogP contribution in [0.4, 0.5) is 0 Å². The largest absolute Gasteiger partial charge is 0.394 e. The van der Waals surface area contributed by atoms with Crippen molar-refractivity contribution < 1.29 is 64.6 Å². The van der Waals surface area contributed by atoms with E-state index in [1.165, 1.54) is 218 Å². The lowest BCUT2D eigenvalue weighted by molar-refractivity contribution is -0.359. The van der Waals surface area contributed by atoms with Gasteiger partial charge in [-0.15, -0.1) is 0 Å². The summed E-state index contributed by atoms with van der Waals surface area (Å²) in [5, 5.41) is 87.6. The van der Waals surface area contributed by atoms with Crippen LogP contribution in [0.1, 0.15) is 316 Å². The number of hydrogen-bond donors (Lipinski definition) is 9. The number of nitrogens with one attached hydrogen (secondary N) is 1. The molecule has 0 aromatic carbocycles. The summed E-state index contributed by atoms with van der Waals surface area (Å²) < 4.78 is 22.9. The first-order valence-electron chi connectivity index (χ1n) is 37.7. The molecule has 91 heavy (non-hydrogen) atoms. The fraction of sp³-hybridized carbons (Fsp3) is 0.831. The highest BCUT2D eigenvalue weighted by molar-refractivity contribution is 5.76. The van der Waals surface area contributed by atoms with Gasteiger partial charge in [-0.1, -0.05) is 318 Å². The van der Waals surface area contributed by atoms with Crippen molar-refractivity contribution in [3.8, 4) is 0 Å². The van der Waals surface area contributed by atoms with E-state index in [4.69, 9.17) is 18.9 Å². The van der Waals surface area contributed by atoms with Gasteiger partial charge in [0.25, 0.3) is 0 Å². The van der Waals surface area contributed by atoms with Gasteiger partial charge in [0.05, 0.1) is 32.0 Å². The Balaban J connectivity index is 1.65. The van der Waals surface area contributed by atoms with Crippen molar-refractivity contribution in [3.63, 3.8) is 0 Å². The van der Waals surface area contributed by atoms with Gasteiger partial charge in [-0.3, -0.25) is 4.79 Å². The second-order valence-electron chi connectivity index (χ2n) is 26.4. The van der Waals surface area contributed by atoms with Crippen LogP contribution >= 0.6 is 0 Å². The quantitative estimate of drug-likeness (QED) is 0.0204. The Morgan fingerprint density at radius 2 is 0.758 bits per heavy atom. The molecule has 2 aliphatic heterocycles. The Morgan fingerprint density at radius 3 is 1.16 bits per heavy atom. The zero-order valence-corrected chi connectivity index (χ0v) is 57.8. The number of rotatable bonds is 62. The van der Waals surface area contributed by atoms with Gasteiger partial charge in [0, 0.05) is 6.42 Å². The summed E-state index contributed by atoms with van der Waals surface area (Å²) in [7, 11) is 0. The minimum absolute atomic E-state index is 0.237. The first kappa shape index (κ1) is 84.5. The van der Waals surface area contributed by atoms with Crippen LogP contribution in [0.5, 0.6) is 0 Å². The Labute approximate surface area is 555 Å². The molecule has 2 heterocycles. The summed E-state index contributed by atoms with van der Waals surface area (Å²) in [5.41, 5.74) is 0. The van der Waals surface area contributed by atoms with Crippen LogP contribution in [0.15, 0.2) is 72.9 Å². The van der Waals surface area contributed by atoms with Gasteiger partial charge in [0.1, 0.15) is 48.8 Å². The summed E-state index contributed by atoms with van der Waals surface area (Å²) >= 11 is 0. The van der Waals surface area contributed by atoms with Crippen molar-refractivity contribution in [1.29, 1.82) is 0 Å². The smallest absolute Gasteiger partial charge is 0.220 e. The lowest BCUT2D eigenvalue weighted by Crippen LogP contribution is -2.65. The van der Waals surface area contributed by atoms with E-state index < -0.39 is 86.8 Å². The van der Waals surface area contributed by atoms with Gasteiger partial charge in [-0.2, -0.15) is 0 Å². The SMILES string of the molecule is CC/C=C\C/C=C\C/C=C\C/C=C\C/C=C\CCCCCCCCCCCCCCCCCC(=O)NC(COC1OC(CO)C(OC2OC(CO)C(O)C(O)C2O)C(O)C1O)C(O)/C=C/CCCCCCCCCCCCCCCCCCCCCCCCCC. The van der Waals surface area contributed by atoms with Gasteiger partial charge in [-0.25, -0.2) is 0 Å². The molecule has 530 valence electrons. The van der Waals surface area contributed by atoms with Crippen molar-refractivity contribution >= 4 is 5.91 Å². The van der Waals surface area contributed by atoms with Gasteiger partial charge in [0.15, 0.2) is 12.6 Å². The molecular weight excluding hydrogens is 1150 g/mol. The van der Waals surface area contributed by atoms with Crippen LogP contribution in [0, 0.1) is 0 Å². The minimum Gasteiger partial charge on any atom is -0.394 e. The Hall–Kier alpha value is -2.57. The zero-order valence-electron chi connectivity index (χ0n) is 57.8. The highest BCUT2D eigenvalue weighted by Crippen LogP contribution is 2.30. The van der Waals surface area contributed by atoms with Crippen LogP contribution < -0.4 is 5.32 Å². The van der Waals surface area contributed by atoms with E-state index in [0.717, 1.165) is 70.6 Å². The molecule has 9 N–H and O–H groups in total. The van der Waals surface area contributed by atoms with E-state index in [-0.39, 0.29) is 18.9 Å². The van der Waals surface area contributed by atoms with E-state index in [2.05, 4.69) is 79.9 Å². The van der Waals surface area contributed by atoms with Gasteiger partial charge < -0.3 is 65.1 Å². The molecule has 0 bridgehead atoms. The maximum atomic E-state index is 13.4. The van der Waals surface area contributed by atoms with Crippen molar-refractivity contribution in [2.45, 2.75) is 389 Å². The highest BCUT2D eigenvalue weighted by atomic mass is 16.7. The second-order valence-corrected chi connectivity index (χ2v) is 26.4. The molecule has 0 saturated carbocycles. The van der Waals surface area contributed by atoms with Crippen molar-refractivity contribution in [2.24, 2.45) is 0 Å². The Bertz CT molecular complexity index is 1800. The van der Waals surface area contributed by atoms with Crippen molar-refractivity contribution in [1.82, 2.24) is 5.32 Å². The molecule has 2 aliphatic rings. The molecule has 2 saturated heterocycles. The molecule has 12 atom stereocenters. The molecule has 0 spiro atoms. The molecule has 2 rings (SSSR count). The highest BCUT2D eigenvalue weighted by Gasteiger charge is 2.51. The fourth-order valence-electron chi connectivity index (χ4n) is 12.2. The minimum atomic E-state index is -1.79. The molecule has 2 fully saturated rings. The first-order valence-corrected chi connectivity index (χ1v) is 37.7. The molecule has 14 heteroatoms. The predicted molar refractivity (Wildman–Crippen MR) is 373 cm³/mol. The molecule has 0 radical (unpaired) electrons. The summed E-state index contributed by atoms with van der Waals surface area (Å²) in [6.45, 7) is 2.73. The van der Waals surface area contributed by atoms with Gasteiger partial charge in [0.2, 0.25) is 5.91 Å². The summed E-state index contributed by atoms with van der Waals surface area (Å²) in [5.74, 6) is -0.237. The number of carbonyl (C=O) groups is 1. The van der Waals surface area contributed by atoms with Gasteiger partial charge in [-0.05, 0) is 64.2 Å². The summed E-state index contributed by atoms with van der Waals surface area (Å²) in [6.07, 6.45) is 66.7. The normalized spacial score (nSPS) is 23.2. The number of unbranched alkanes of at least 4 members (excludes halogenated alkanes) is 39. The molecule has 12 unspecified atom stereocenters. The number of aliphatic hydroxyl groups excluding tert-OH is 8. The van der Waals surface area contributed by atoms with Crippen LogP contribution in [0.25, 0.3) is 0 Å². The van der Waals surface area contributed by atoms with E-state index in [0.29, 0.717) is 6.42 Å². The topological polar surface area (TPSA) is 228 Å². The number of aliphatic hydroxyl groups is 8. The van der Waals surface area contributed by atoms with E-state index in [1.54, 1.807) is 6.08 Å². The van der Waals surface area contributed by atoms with E-state index in [9.17, 15) is 45.6 Å². The van der Waals surface area contributed by atoms with Crippen molar-refractivity contribution in [3.05, 3.63) is 72.9 Å². The summed E-state index contributed by atoms with van der Waals surface area (Å²) in [4.78, 5) is 13.4. The third-order valence-electron chi connectivity index (χ3n) is 18.1. The Kier molecular flexibility index (Phi) is 56.7. The molecule has 1 amide bonds. The third-order valence-corrected chi connectivity index (χ3v) is 18.1. The van der Waals surface area contributed by atoms with Crippen LogP contribution in [-0.2, 0) is 23.7 Å². The molecular formula is C77H139NO13. The average molecular weight is 1290 g/mol. The maximum absolute atomic E-state index is 13.4. The fourth-order valence-corrected chi connectivity index (χ4v) is 12.2. The van der Waals surface area contributed by atoms with E-state index in [1.807, 2.05) is 6.08 Å². The number of allylic oxidation sites excluding steroid dienone is 11. The summed E-state index contributed by atoms with van der Waals surface area (Å²) in [6, 6.07) is -0.919. The number of carbonyl (C=O) groups excluding carboxylic acids is 1. The molecule has 0 aromatic rings. The lowest BCUT2D eigenvalue weighted by atomic mass is 9.97. The van der Waals surface area contributed by atoms with Crippen LogP contribution in [-0.4, -0.2) is 140 Å². The second kappa shape index (κ2) is 61.1.